The van der Waals surface area contributed by atoms with Gasteiger partial charge in [0.15, 0.2) is 0 Å². The van der Waals surface area contributed by atoms with Crippen LogP contribution in [0.15, 0.2) is 0 Å². The molecular weight excluding hydrogens is 244 g/mol. The van der Waals surface area contributed by atoms with Crippen LogP contribution in [0.4, 0.5) is 0 Å². The quantitative estimate of drug-likeness (QED) is 0.577. The highest BCUT2D eigenvalue weighted by Crippen LogP contribution is 2.28. The minimum absolute atomic E-state index is 0.0580. The van der Waals surface area contributed by atoms with E-state index in [9.17, 15) is 4.79 Å². The van der Waals surface area contributed by atoms with Crippen LogP contribution in [0.3, 0.4) is 0 Å². The molecule has 3 nitrogen and oxygen atoms in total. The van der Waals surface area contributed by atoms with Gasteiger partial charge >= 0.3 is 5.97 Å². The minimum Gasteiger partial charge on any atom is -0.475 e. The summed E-state index contributed by atoms with van der Waals surface area (Å²) in [6, 6.07) is 0. The van der Waals surface area contributed by atoms with Crippen LogP contribution < -0.4 is 0 Å². The van der Waals surface area contributed by atoms with Gasteiger partial charge in [-0.05, 0) is 51.1 Å². The molecule has 1 rings (SSSR count). The van der Waals surface area contributed by atoms with Crippen LogP contribution in [0.1, 0.15) is 32.6 Å². The van der Waals surface area contributed by atoms with Crippen molar-refractivity contribution in [3.63, 3.8) is 0 Å². The largest absolute Gasteiger partial charge is 0.475 e. The Hall–Kier alpha value is -0.290. The van der Waals surface area contributed by atoms with Gasteiger partial charge in [-0.15, -0.1) is 0 Å². The molecule has 16 heavy (non-hydrogen) atoms. The Balaban J connectivity index is 2.28. The number of ether oxygens (including phenoxy) is 2. The summed E-state index contributed by atoms with van der Waals surface area (Å²) in [6.45, 7) is 2.30. The van der Waals surface area contributed by atoms with Crippen LogP contribution in [-0.2, 0) is 14.3 Å². The molecule has 0 atom stereocenters. The lowest BCUT2D eigenvalue weighted by molar-refractivity contribution is -0.149. The summed E-state index contributed by atoms with van der Waals surface area (Å²) >= 11 is 6.46. The van der Waals surface area contributed by atoms with Crippen LogP contribution in [0.2, 0.25) is 0 Å². The molecule has 92 valence electrons. The molecule has 0 unspecified atom stereocenters. The van der Waals surface area contributed by atoms with Gasteiger partial charge in [0.25, 0.3) is 0 Å². The van der Waals surface area contributed by atoms with Crippen molar-refractivity contribution in [3.05, 3.63) is 0 Å². The SMILES string of the molecule is CCOC(=O)C1CCC(OC(=S)SC)CC1. The lowest BCUT2D eigenvalue weighted by Crippen LogP contribution is -2.28. The summed E-state index contributed by atoms with van der Waals surface area (Å²) in [5, 5.41) is 0. The summed E-state index contributed by atoms with van der Waals surface area (Å²) in [6.07, 6.45) is 5.58. The summed E-state index contributed by atoms with van der Waals surface area (Å²) in [7, 11) is 0. The van der Waals surface area contributed by atoms with E-state index in [1.165, 1.54) is 11.8 Å². The normalized spacial score (nSPS) is 24.9. The predicted octanol–water partition coefficient (Wildman–Crippen LogP) is 2.77. The molecule has 0 heterocycles. The summed E-state index contributed by atoms with van der Waals surface area (Å²) in [5.74, 6) is -0.00366. The highest BCUT2D eigenvalue weighted by atomic mass is 32.2. The van der Waals surface area contributed by atoms with Gasteiger partial charge in [-0.1, -0.05) is 11.8 Å². The zero-order valence-electron chi connectivity index (χ0n) is 9.73. The van der Waals surface area contributed by atoms with Gasteiger partial charge in [0.05, 0.1) is 12.5 Å². The van der Waals surface area contributed by atoms with Crippen LogP contribution in [0, 0.1) is 5.92 Å². The molecule has 0 radical (unpaired) electrons. The number of carbonyl (C=O) groups excluding carboxylic acids is 1. The molecule has 0 N–H and O–H groups in total. The number of thiocarbonyl (C=S) groups is 1. The van der Waals surface area contributed by atoms with Crippen molar-refractivity contribution in [1.29, 1.82) is 0 Å². The Morgan fingerprint density at radius 1 is 1.38 bits per heavy atom. The number of hydrogen-bond donors (Lipinski definition) is 0. The molecule has 0 aromatic heterocycles. The molecule has 1 saturated carbocycles. The topological polar surface area (TPSA) is 35.5 Å². The number of rotatable bonds is 3. The molecule has 1 aliphatic rings. The van der Waals surface area contributed by atoms with E-state index < -0.39 is 0 Å². The van der Waals surface area contributed by atoms with Gasteiger partial charge in [0.2, 0.25) is 4.38 Å². The van der Waals surface area contributed by atoms with E-state index in [1.54, 1.807) is 0 Å². The smallest absolute Gasteiger partial charge is 0.308 e. The third kappa shape index (κ3) is 4.29. The average Bonchev–Trinajstić information content (AvgIpc) is 2.30. The van der Waals surface area contributed by atoms with Gasteiger partial charge < -0.3 is 9.47 Å². The Bertz CT molecular complexity index is 248. The average molecular weight is 262 g/mol. The van der Waals surface area contributed by atoms with Gasteiger partial charge in [-0.25, -0.2) is 0 Å². The second-order valence-electron chi connectivity index (χ2n) is 3.80. The fraction of sp³-hybridized carbons (Fsp3) is 0.818. The monoisotopic (exact) mass is 262 g/mol. The Morgan fingerprint density at radius 2 is 2.00 bits per heavy atom. The van der Waals surface area contributed by atoms with Gasteiger partial charge in [0.1, 0.15) is 6.10 Å². The van der Waals surface area contributed by atoms with E-state index in [4.69, 9.17) is 21.7 Å². The van der Waals surface area contributed by atoms with Crippen molar-refractivity contribution in [2.45, 2.75) is 38.7 Å². The number of carbonyl (C=O) groups is 1. The Labute approximate surface area is 106 Å². The van der Waals surface area contributed by atoms with Crippen molar-refractivity contribution in [3.8, 4) is 0 Å². The second-order valence-corrected chi connectivity index (χ2v) is 5.21. The Kier molecular flexibility index (Phi) is 6.13. The standard InChI is InChI=1S/C11H18O3S2/c1-3-13-10(12)8-4-6-9(7-5-8)14-11(15)16-2/h8-9H,3-7H2,1-2H3. The van der Waals surface area contributed by atoms with E-state index in [1.807, 2.05) is 13.2 Å². The molecule has 0 spiro atoms. The number of esters is 1. The van der Waals surface area contributed by atoms with E-state index in [-0.39, 0.29) is 18.0 Å². The van der Waals surface area contributed by atoms with E-state index in [0.29, 0.717) is 11.0 Å². The molecule has 0 aliphatic heterocycles. The van der Waals surface area contributed by atoms with Crippen LogP contribution in [0.5, 0.6) is 0 Å². The van der Waals surface area contributed by atoms with Crippen molar-refractivity contribution in [1.82, 2.24) is 0 Å². The summed E-state index contributed by atoms with van der Waals surface area (Å²) in [5.41, 5.74) is 0. The summed E-state index contributed by atoms with van der Waals surface area (Å²) < 4.78 is 11.2. The maximum absolute atomic E-state index is 11.5. The molecule has 0 amide bonds. The van der Waals surface area contributed by atoms with E-state index in [0.717, 1.165) is 25.7 Å². The Morgan fingerprint density at radius 3 is 2.50 bits per heavy atom. The molecule has 1 fully saturated rings. The first-order valence-electron chi connectivity index (χ1n) is 5.58. The van der Waals surface area contributed by atoms with Crippen molar-refractivity contribution in [2.75, 3.05) is 12.9 Å². The van der Waals surface area contributed by atoms with Crippen molar-refractivity contribution >= 4 is 34.3 Å². The maximum Gasteiger partial charge on any atom is 0.308 e. The molecule has 0 bridgehead atoms. The lowest BCUT2D eigenvalue weighted by atomic mass is 9.87. The first-order chi connectivity index (χ1) is 7.67. The van der Waals surface area contributed by atoms with Gasteiger partial charge in [-0.3, -0.25) is 4.79 Å². The van der Waals surface area contributed by atoms with Crippen LogP contribution in [-0.4, -0.2) is 29.3 Å². The van der Waals surface area contributed by atoms with Crippen LogP contribution >= 0.6 is 24.0 Å². The molecular formula is C11H18O3S2. The predicted molar refractivity (Wildman–Crippen MR) is 69.6 cm³/mol. The van der Waals surface area contributed by atoms with Crippen LogP contribution in [0.25, 0.3) is 0 Å². The van der Waals surface area contributed by atoms with Gasteiger partial charge in [0, 0.05) is 0 Å². The van der Waals surface area contributed by atoms with Crippen molar-refractivity contribution in [2.24, 2.45) is 5.92 Å². The molecule has 0 aromatic carbocycles. The highest BCUT2D eigenvalue weighted by Gasteiger charge is 2.28. The number of thioether (sulfide) groups is 1. The fourth-order valence-electron chi connectivity index (χ4n) is 1.86. The third-order valence-corrected chi connectivity index (χ3v) is 3.75. The van der Waals surface area contributed by atoms with Crippen molar-refractivity contribution < 1.29 is 14.3 Å². The maximum atomic E-state index is 11.5. The molecule has 0 saturated heterocycles. The minimum atomic E-state index is -0.0617. The third-order valence-electron chi connectivity index (χ3n) is 2.72. The fourth-order valence-corrected chi connectivity index (χ4v) is 2.23. The van der Waals surface area contributed by atoms with E-state index >= 15 is 0 Å². The number of hydrogen-bond acceptors (Lipinski definition) is 5. The second kappa shape index (κ2) is 7.12. The first-order valence-corrected chi connectivity index (χ1v) is 7.22. The summed E-state index contributed by atoms with van der Waals surface area (Å²) in [4.78, 5) is 11.5. The lowest BCUT2D eigenvalue weighted by Gasteiger charge is -2.27. The highest BCUT2D eigenvalue weighted by molar-refractivity contribution is 8.22. The molecule has 5 heteroatoms. The van der Waals surface area contributed by atoms with Gasteiger partial charge in [-0.2, -0.15) is 0 Å². The molecule has 1 aliphatic carbocycles. The first kappa shape index (κ1) is 13.8. The zero-order chi connectivity index (χ0) is 12.0. The van der Waals surface area contributed by atoms with E-state index in [2.05, 4.69) is 0 Å². The molecule has 0 aromatic rings. The zero-order valence-corrected chi connectivity index (χ0v) is 11.4.